The van der Waals surface area contributed by atoms with Crippen molar-refractivity contribution in [2.75, 3.05) is 0 Å². The number of hydrogen-bond acceptors (Lipinski definition) is 5. The summed E-state index contributed by atoms with van der Waals surface area (Å²) in [6.07, 6.45) is 0.257. The Bertz CT molecular complexity index is 850. The van der Waals surface area contributed by atoms with Crippen molar-refractivity contribution in [3.63, 3.8) is 0 Å². The molecule has 2 N–H and O–H groups in total. The Morgan fingerprint density at radius 2 is 1.91 bits per heavy atom. The molecule has 2 rings (SSSR count). The first-order chi connectivity index (χ1) is 10.9. The van der Waals surface area contributed by atoms with Crippen LogP contribution in [-0.4, -0.2) is 0 Å². The van der Waals surface area contributed by atoms with Crippen LogP contribution in [0.5, 0.6) is 5.75 Å². The van der Waals surface area contributed by atoms with Crippen molar-refractivity contribution in [3.8, 4) is 24.0 Å². The van der Waals surface area contributed by atoms with Gasteiger partial charge in [0.05, 0.1) is 10.6 Å². The third-order valence-corrected chi connectivity index (χ3v) is 4.02. The summed E-state index contributed by atoms with van der Waals surface area (Å²) in [5, 5.41) is 28.0. The third kappa shape index (κ3) is 3.10. The van der Waals surface area contributed by atoms with Crippen molar-refractivity contribution < 1.29 is 4.74 Å². The Balaban J connectivity index is 2.63. The van der Waals surface area contributed by atoms with Gasteiger partial charge in [-0.1, -0.05) is 23.2 Å². The SMILES string of the molecule is CC(C[C@@H]1C(C#N)=C(N)Oc2c(Cl)cc(Cl)cc21)=C(C#N)C#N. The highest BCUT2D eigenvalue weighted by Gasteiger charge is 2.31. The van der Waals surface area contributed by atoms with Crippen molar-refractivity contribution in [3.05, 3.63) is 50.3 Å². The number of benzene rings is 1. The number of nitrogens with two attached hydrogens (primary N) is 1. The van der Waals surface area contributed by atoms with Gasteiger partial charge in [0.25, 0.3) is 0 Å². The van der Waals surface area contributed by atoms with Gasteiger partial charge < -0.3 is 10.5 Å². The van der Waals surface area contributed by atoms with Gasteiger partial charge in [-0.3, -0.25) is 0 Å². The predicted octanol–water partition coefficient (Wildman–Crippen LogP) is 3.92. The van der Waals surface area contributed by atoms with E-state index in [9.17, 15) is 5.26 Å². The van der Waals surface area contributed by atoms with E-state index in [0.717, 1.165) is 0 Å². The van der Waals surface area contributed by atoms with Gasteiger partial charge in [-0.25, -0.2) is 0 Å². The molecule has 0 aliphatic carbocycles. The molecular weight excluding hydrogens is 335 g/mol. The lowest BCUT2D eigenvalue weighted by atomic mass is 9.83. The maximum Gasteiger partial charge on any atom is 0.205 e. The van der Waals surface area contributed by atoms with Crippen molar-refractivity contribution in [1.29, 1.82) is 15.8 Å². The Hall–Kier alpha value is -2.65. The second-order valence-corrected chi connectivity index (χ2v) is 5.78. The second-order valence-electron chi connectivity index (χ2n) is 4.93. The fourth-order valence-corrected chi connectivity index (χ4v) is 2.96. The molecule has 1 atom stereocenters. The Morgan fingerprint density at radius 3 is 2.48 bits per heavy atom. The fraction of sp³-hybridized carbons (Fsp3) is 0.188. The minimum atomic E-state index is -0.489. The van der Waals surface area contributed by atoms with Crippen LogP contribution in [-0.2, 0) is 0 Å². The molecule has 1 aromatic carbocycles. The molecule has 0 radical (unpaired) electrons. The van der Waals surface area contributed by atoms with E-state index in [1.807, 2.05) is 18.2 Å². The van der Waals surface area contributed by atoms with Crippen molar-refractivity contribution in [2.45, 2.75) is 19.3 Å². The first-order valence-electron chi connectivity index (χ1n) is 6.49. The van der Waals surface area contributed by atoms with E-state index in [0.29, 0.717) is 21.9 Å². The standard InChI is InChI=1S/C16H10Cl2N4O/c1-8(9(5-19)6-20)2-11-12-3-10(17)4-14(18)15(12)23-16(22)13(11)7-21/h3-4,11H,2,22H2,1H3/t11-/m0/s1. The number of hydrogen-bond donors (Lipinski definition) is 1. The smallest absolute Gasteiger partial charge is 0.205 e. The second kappa shape index (κ2) is 6.63. The van der Waals surface area contributed by atoms with Crippen LogP contribution in [0.4, 0.5) is 0 Å². The molecule has 0 amide bonds. The number of ether oxygens (including phenoxy) is 1. The summed E-state index contributed by atoms with van der Waals surface area (Å²) in [5.41, 5.74) is 7.18. The molecule has 1 heterocycles. The molecule has 0 spiro atoms. The molecule has 1 aromatic rings. The van der Waals surface area contributed by atoms with Crippen LogP contribution >= 0.6 is 23.2 Å². The van der Waals surface area contributed by atoms with Crippen LogP contribution in [0, 0.1) is 34.0 Å². The van der Waals surface area contributed by atoms with Crippen LogP contribution in [0.15, 0.2) is 34.7 Å². The van der Waals surface area contributed by atoms with Crippen LogP contribution < -0.4 is 10.5 Å². The highest BCUT2D eigenvalue weighted by Crippen LogP contribution is 2.46. The van der Waals surface area contributed by atoms with E-state index in [1.54, 1.807) is 13.0 Å². The number of nitriles is 3. The summed E-state index contributed by atoms with van der Waals surface area (Å²) in [6.45, 7) is 1.66. The third-order valence-electron chi connectivity index (χ3n) is 3.52. The van der Waals surface area contributed by atoms with Gasteiger partial charge >= 0.3 is 0 Å². The largest absolute Gasteiger partial charge is 0.439 e. The molecule has 0 unspecified atom stereocenters. The van der Waals surface area contributed by atoms with Crippen LogP contribution in [0.1, 0.15) is 24.8 Å². The van der Waals surface area contributed by atoms with Gasteiger partial charge in [0, 0.05) is 16.5 Å². The highest BCUT2D eigenvalue weighted by molar-refractivity contribution is 6.35. The first kappa shape index (κ1) is 16.7. The highest BCUT2D eigenvalue weighted by atomic mass is 35.5. The average Bonchev–Trinajstić information content (AvgIpc) is 2.50. The van der Waals surface area contributed by atoms with Gasteiger partial charge in [0.1, 0.15) is 23.8 Å². The van der Waals surface area contributed by atoms with Crippen molar-refractivity contribution >= 4 is 23.2 Å². The average molecular weight is 345 g/mol. The van der Waals surface area contributed by atoms with Gasteiger partial charge in [-0.2, -0.15) is 15.8 Å². The van der Waals surface area contributed by atoms with E-state index >= 15 is 0 Å². The molecule has 0 saturated heterocycles. The summed E-state index contributed by atoms with van der Waals surface area (Å²) >= 11 is 12.2. The molecule has 0 fully saturated rings. The normalized spacial score (nSPS) is 15.6. The molecule has 0 bridgehead atoms. The molecule has 7 heteroatoms. The lowest BCUT2D eigenvalue weighted by molar-refractivity contribution is 0.388. The zero-order valence-electron chi connectivity index (χ0n) is 12.0. The molecule has 1 aliphatic heterocycles. The van der Waals surface area contributed by atoms with E-state index in [-0.39, 0.29) is 28.5 Å². The molecule has 1 aliphatic rings. The zero-order valence-corrected chi connectivity index (χ0v) is 13.5. The van der Waals surface area contributed by atoms with Gasteiger partial charge in [0.2, 0.25) is 5.88 Å². The fourth-order valence-electron chi connectivity index (χ4n) is 2.41. The van der Waals surface area contributed by atoms with E-state index in [1.165, 1.54) is 6.07 Å². The number of fused-ring (bicyclic) bond motifs is 1. The lowest BCUT2D eigenvalue weighted by Gasteiger charge is -2.27. The summed E-state index contributed by atoms with van der Waals surface area (Å²) in [5.74, 6) is -0.199. The Kier molecular flexibility index (Phi) is 4.82. The minimum Gasteiger partial charge on any atom is -0.439 e. The Morgan fingerprint density at radius 1 is 1.26 bits per heavy atom. The number of halogens is 2. The molecule has 5 nitrogen and oxygen atoms in total. The monoisotopic (exact) mass is 344 g/mol. The van der Waals surface area contributed by atoms with E-state index in [2.05, 4.69) is 0 Å². The lowest BCUT2D eigenvalue weighted by Crippen LogP contribution is -2.21. The van der Waals surface area contributed by atoms with Crippen LogP contribution in [0.2, 0.25) is 10.0 Å². The van der Waals surface area contributed by atoms with Gasteiger partial charge in [-0.15, -0.1) is 0 Å². The summed E-state index contributed by atoms with van der Waals surface area (Å²) < 4.78 is 5.44. The summed E-state index contributed by atoms with van der Waals surface area (Å²) in [6, 6.07) is 8.85. The Labute approximate surface area is 143 Å². The predicted molar refractivity (Wildman–Crippen MR) is 85.2 cm³/mol. The molecule has 23 heavy (non-hydrogen) atoms. The van der Waals surface area contributed by atoms with Crippen LogP contribution in [0.25, 0.3) is 0 Å². The maximum atomic E-state index is 9.38. The molecule has 0 saturated carbocycles. The molecule has 114 valence electrons. The number of nitrogens with zero attached hydrogens (tertiary/aromatic N) is 3. The quantitative estimate of drug-likeness (QED) is 0.818. The number of rotatable bonds is 2. The van der Waals surface area contributed by atoms with E-state index < -0.39 is 5.92 Å². The van der Waals surface area contributed by atoms with Crippen molar-refractivity contribution in [1.82, 2.24) is 0 Å². The topological polar surface area (TPSA) is 107 Å². The summed E-state index contributed by atoms with van der Waals surface area (Å²) in [7, 11) is 0. The number of allylic oxidation sites excluding steroid dienone is 3. The van der Waals surface area contributed by atoms with Crippen molar-refractivity contribution in [2.24, 2.45) is 5.73 Å². The van der Waals surface area contributed by atoms with E-state index in [4.69, 9.17) is 44.2 Å². The van der Waals surface area contributed by atoms with Crippen LogP contribution in [0.3, 0.4) is 0 Å². The summed E-state index contributed by atoms with van der Waals surface area (Å²) in [4.78, 5) is 0. The molecule has 0 aromatic heterocycles. The molecular formula is C16H10Cl2N4O. The van der Waals surface area contributed by atoms with Gasteiger partial charge in [-0.05, 0) is 31.1 Å². The first-order valence-corrected chi connectivity index (χ1v) is 7.25. The minimum absolute atomic E-state index is 0.00188. The zero-order chi connectivity index (χ0) is 17.1. The van der Waals surface area contributed by atoms with Gasteiger partial charge in [0.15, 0.2) is 5.75 Å². The maximum absolute atomic E-state index is 9.38.